The molecule has 116 valence electrons. The van der Waals surface area contributed by atoms with Crippen molar-refractivity contribution in [3.63, 3.8) is 0 Å². The lowest BCUT2D eigenvalue weighted by atomic mass is 10.0. The quantitative estimate of drug-likeness (QED) is 0.906. The summed E-state index contributed by atoms with van der Waals surface area (Å²) in [7, 11) is 0. The lowest BCUT2D eigenvalue weighted by Gasteiger charge is -2.22. The van der Waals surface area contributed by atoms with Gasteiger partial charge in [-0.1, -0.05) is 26.0 Å². The first-order valence-corrected chi connectivity index (χ1v) is 7.76. The lowest BCUT2D eigenvalue weighted by Crippen LogP contribution is -2.39. The van der Waals surface area contributed by atoms with Crippen LogP contribution in [0.25, 0.3) is 0 Å². The molecule has 4 heteroatoms. The zero-order chi connectivity index (χ0) is 15.4. The van der Waals surface area contributed by atoms with E-state index in [-0.39, 0.29) is 5.91 Å². The lowest BCUT2D eigenvalue weighted by molar-refractivity contribution is -0.136. The Bertz CT molecular complexity index is 487. The van der Waals surface area contributed by atoms with E-state index in [1.54, 1.807) is 0 Å². The van der Waals surface area contributed by atoms with Gasteiger partial charge in [-0.2, -0.15) is 0 Å². The molecule has 2 atom stereocenters. The number of benzene rings is 1. The molecule has 1 aromatic carbocycles. The second kappa shape index (κ2) is 6.94. The number of hydrogen-bond acceptors (Lipinski definition) is 3. The average molecular weight is 290 g/mol. The third-order valence-corrected chi connectivity index (χ3v) is 4.12. The van der Waals surface area contributed by atoms with Gasteiger partial charge in [0.05, 0.1) is 0 Å². The van der Waals surface area contributed by atoms with E-state index >= 15 is 0 Å². The van der Waals surface area contributed by atoms with Gasteiger partial charge >= 0.3 is 0 Å². The van der Waals surface area contributed by atoms with Gasteiger partial charge in [0.1, 0.15) is 5.75 Å². The van der Waals surface area contributed by atoms with Crippen LogP contribution in [0.4, 0.5) is 0 Å². The van der Waals surface area contributed by atoms with Crippen molar-refractivity contribution in [1.82, 2.24) is 4.90 Å². The van der Waals surface area contributed by atoms with Crippen LogP contribution in [0.1, 0.15) is 38.7 Å². The van der Waals surface area contributed by atoms with Crippen molar-refractivity contribution in [2.75, 3.05) is 19.6 Å². The SMILES string of the molecule is CC(Oc1cccc(C(C)C)c1)C(=O)N1CCC(CN)C1. The number of hydrogen-bond donors (Lipinski definition) is 1. The molecule has 1 amide bonds. The number of nitrogens with zero attached hydrogens (tertiary/aromatic N) is 1. The summed E-state index contributed by atoms with van der Waals surface area (Å²) in [4.78, 5) is 14.3. The largest absolute Gasteiger partial charge is 0.481 e. The summed E-state index contributed by atoms with van der Waals surface area (Å²) in [6, 6.07) is 7.97. The van der Waals surface area contributed by atoms with Crippen LogP contribution in [0, 0.1) is 5.92 Å². The maximum absolute atomic E-state index is 12.4. The van der Waals surface area contributed by atoms with Crippen molar-refractivity contribution in [2.45, 2.75) is 39.2 Å². The highest BCUT2D eigenvalue weighted by Crippen LogP contribution is 2.22. The normalized spacial score (nSPS) is 19.9. The molecule has 0 aliphatic carbocycles. The molecule has 0 radical (unpaired) electrons. The first-order chi connectivity index (χ1) is 10.0. The maximum Gasteiger partial charge on any atom is 0.263 e. The van der Waals surface area contributed by atoms with E-state index in [0.29, 0.717) is 18.4 Å². The molecular weight excluding hydrogens is 264 g/mol. The van der Waals surface area contributed by atoms with E-state index in [4.69, 9.17) is 10.5 Å². The maximum atomic E-state index is 12.4. The zero-order valence-electron chi connectivity index (χ0n) is 13.2. The van der Waals surface area contributed by atoms with Crippen LogP contribution in [-0.4, -0.2) is 36.5 Å². The summed E-state index contributed by atoms with van der Waals surface area (Å²) < 4.78 is 5.83. The molecule has 1 aliphatic rings. The van der Waals surface area contributed by atoms with Crippen molar-refractivity contribution in [1.29, 1.82) is 0 Å². The number of carbonyl (C=O) groups is 1. The molecule has 2 rings (SSSR count). The van der Waals surface area contributed by atoms with Crippen LogP contribution in [0.15, 0.2) is 24.3 Å². The fourth-order valence-electron chi connectivity index (χ4n) is 2.68. The van der Waals surface area contributed by atoms with Crippen LogP contribution in [0.2, 0.25) is 0 Å². The first kappa shape index (κ1) is 15.8. The minimum absolute atomic E-state index is 0.0564. The van der Waals surface area contributed by atoms with E-state index in [1.807, 2.05) is 30.0 Å². The summed E-state index contributed by atoms with van der Waals surface area (Å²) in [6.07, 6.45) is 0.543. The first-order valence-electron chi connectivity index (χ1n) is 7.76. The van der Waals surface area contributed by atoms with Crippen LogP contribution >= 0.6 is 0 Å². The van der Waals surface area contributed by atoms with Gasteiger partial charge in [-0.05, 0) is 49.4 Å². The van der Waals surface area contributed by atoms with Gasteiger partial charge in [0.15, 0.2) is 6.10 Å². The monoisotopic (exact) mass is 290 g/mol. The van der Waals surface area contributed by atoms with E-state index < -0.39 is 6.10 Å². The van der Waals surface area contributed by atoms with Gasteiger partial charge in [0, 0.05) is 13.1 Å². The Morgan fingerprint density at radius 3 is 2.81 bits per heavy atom. The second-order valence-electron chi connectivity index (χ2n) is 6.16. The number of carbonyl (C=O) groups excluding carboxylic acids is 1. The average Bonchev–Trinajstić information content (AvgIpc) is 2.95. The van der Waals surface area contributed by atoms with Crippen molar-refractivity contribution < 1.29 is 9.53 Å². The molecule has 1 aromatic rings. The Morgan fingerprint density at radius 1 is 1.43 bits per heavy atom. The molecular formula is C17H26N2O2. The van der Waals surface area contributed by atoms with Gasteiger partial charge in [-0.3, -0.25) is 4.79 Å². The topological polar surface area (TPSA) is 55.6 Å². The van der Waals surface area contributed by atoms with Crippen molar-refractivity contribution in [2.24, 2.45) is 11.7 Å². The summed E-state index contributed by atoms with van der Waals surface area (Å²) in [5.41, 5.74) is 6.89. The van der Waals surface area contributed by atoms with Gasteiger partial charge in [0.2, 0.25) is 0 Å². The summed E-state index contributed by atoms with van der Waals surface area (Å²) in [5.74, 6) is 1.70. The van der Waals surface area contributed by atoms with Crippen molar-refractivity contribution in [3.8, 4) is 5.75 Å². The zero-order valence-corrected chi connectivity index (χ0v) is 13.2. The van der Waals surface area contributed by atoms with Crippen LogP contribution in [0.5, 0.6) is 5.75 Å². The minimum atomic E-state index is -0.455. The number of likely N-dealkylation sites (tertiary alicyclic amines) is 1. The van der Waals surface area contributed by atoms with Gasteiger partial charge in [0.25, 0.3) is 5.91 Å². The van der Waals surface area contributed by atoms with Crippen molar-refractivity contribution in [3.05, 3.63) is 29.8 Å². The molecule has 2 unspecified atom stereocenters. The number of amides is 1. The minimum Gasteiger partial charge on any atom is -0.481 e. The molecule has 0 saturated carbocycles. The predicted octanol–water partition coefficient (Wildman–Crippen LogP) is 2.38. The third-order valence-electron chi connectivity index (χ3n) is 4.12. The number of rotatable bonds is 5. The Labute approximate surface area is 127 Å². The smallest absolute Gasteiger partial charge is 0.263 e. The standard InChI is InChI=1S/C17H26N2O2/c1-12(2)15-5-4-6-16(9-15)21-13(3)17(20)19-8-7-14(10-18)11-19/h4-6,9,12-14H,7-8,10-11,18H2,1-3H3. The van der Waals surface area contributed by atoms with Gasteiger partial charge < -0.3 is 15.4 Å². The van der Waals surface area contributed by atoms with Crippen molar-refractivity contribution >= 4 is 5.91 Å². The fraction of sp³-hybridized carbons (Fsp3) is 0.588. The molecule has 21 heavy (non-hydrogen) atoms. The van der Waals surface area contributed by atoms with E-state index in [9.17, 15) is 4.79 Å². The third kappa shape index (κ3) is 3.97. The molecule has 1 heterocycles. The summed E-state index contributed by atoms with van der Waals surface area (Å²) in [5, 5.41) is 0. The Hall–Kier alpha value is -1.55. The van der Waals surface area contributed by atoms with E-state index in [1.165, 1.54) is 5.56 Å². The predicted molar refractivity (Wildman–Crippen MR) is 84.4 cm³/mol. The molecule has 0 bridgehead atoms. The number of nitrogens with two attached hydrogens (primary N) is 1. The highest BCUT2D eigenvalue weighted by molar-refractivity contribution is 5.81. The fourth-order valence-corrected chi connectivity index (χ4v) is 2.68. The Balaban J connectivity index is 1.96. The van der Waals surface area contributed by atoms with Crippen LogP contribution in [-0.2, 0) is 4.79 Å². The number of ether oxygens (including phenoxy) is 1. The molecule has 1 aliphatic heterocycles. The molecule has 0 spiro atoms. The molecule has 0 aromatic heterocycles. The highest BCUT2D eigenvalue weighted by atomic mass is 16.5. The molecule has 1 fully saturated rings. The highest BCUT2D eigenvalue weighted by Gasteiger charge is 2.29. The summed E-state index contributed by atoms with van der Waals surface area (Å²) >= 11 is 0. The van der Waals surface area contributed by atoms with E-state index in [0.717, 1.165) is 25.3 Å². The van der Waals surface area contributed by atoms with Crippen LogP contribution in [0.3, 0.4) is 0 Å². The molecule has 4 nitrogen and oxygen atoms in total. The second-order valence-corrected chi connectivity index (χ2v) is 6.16. The van der Waals surface area contributed by atoms with E-state index in [2.05, 4.69) is 19.9 Å². The Morgan fingerprint density at radius 2 is 2.19 bits per heavy atom. The molecule has 2 N–H and O–H groups in total. The summed E-state index contributed by atoms with van der Waals surface area (Å²) in [6.45, 7) is 8.31. The van der Waals surface area contributed by atoms with Gasteiger partial charge in [-0.15, -0.1) is 0 Å². The van der Waals surface area contributed by atoms with Gasteiger partial charge in [-0.25, -0.2) is 0 Å². The van der Waals surface area contributed by atoms with Crippen LogP contribution < -0.4 is 10.5 Å². The molecule has 1 saturated heterocycles. The Kier molecular flexibility index (Phi) is 5.23.